The molecule has 1 N–H and O–H groups in total. The molecule has 2 aromatic rings. The monoisotopic (exact) mass is 760 g/mol. The Morgan fingerprint density at radius 1 is 0.913 bits per heavy atom. The number of carbonyl (C=O) groups is 1. The van der Waals surface area contributed by atoms with E-state index < -0.39 is 0 Å². The Bertz CT molecular complexity index is 1360. The second kappa shape index (κ2) is 18.8. The van der Waals surface area contributed by atoms with Gasteiger partial charge < -0.3 is 0 Å². The second-order valence-electron chi connectivity index (χ2n) is 12.9. The summed E-state index contributed by atoms with van der Waals surface area (Å²) in [6, 6.07) is 14.0. The molecule has 0 aromatic heterocycles. The summed E-state index contributed by atoms with van der Waals surface area (Å²) in [7, 11) is 0. The third kappa shape index (κ3) is 10.8. The van der Waals surface area contributed by atoms with E-state index in [0.717, 1.165) is 35.8 Å². The number of nitrogens with zero attached hydrogens (tertiary/aromatic N) is 1. The number of carbonyl (C=O) groups excluding carboxylic acids is 1. The predicted octanol–water partition coefficient (Wildman–Crippen LogP) is 8.43. The van der Waals surface area contributed by atoms with Crippen molar-refractivity contribution in [2.75, 3.05) is 11.9 Å². The fourth-order valence-electron chi connectivity index (χ4n) is 6.27. The SMILES string of the molecule is C=C(C)C(=O)OCC(CCCCCCCCCC)CCCCCCCC1=Cc2ccccc2[Se]C12Nc1ccc([N+](=O)[O-])cc1[Se]2. The van der Waals surface area contributed by atoms with Crippen LogP contribution in [0.5, 0.6) is 0 Å². The Kier molecular flexibility index (Phi) is 14.9. The molecule has 0 fully saturated rings. The molecule has 2 atom stereocenters. The van der Waals surface area contributed by atoms with Crippen molar-refractivity contribution < 1.29 is 14.5 Å². The molecule has 2 unspecified atom stereocenters. The van der Waals surface area contributed by atoms with Crippen LogP contribution in [0.4, 0.5) is 11.4 Å². The van der Waals surface area contributed by atoms with Gasteiger partial charge in [0.1, 0.15) is 0 Å². The first kappa shape index (κ1) is 36.5. The van der Waals surface area contributed by atoms with Gasteiger partial charge in [0.05, 0.1) is 0 Å². The molecule has 2 aromatic carbocycles. The van der Waals surface area contributed by atoms with Crippen LogP contribution in [0.2, 0.25) is 0 Å². The molecule has 46 heavy (non-hydrogen) atoms. The molecule has 2 aliphatic heterocycles. The minimum absolute atomic E-state index is 0.0874. The van der Waals surface area contributed by atoms with Crippen molar-refractivity contribution in [3.8, 4) is 0 Å². The molecule has 6 nitrogen and oxygen atoms in total. The summed E-state index contributed by atoms with van der Waals surface area (Å²) in [5.74, 6) is 0.172. The molecule has 0 bridgehead atoms. The van der Waals surface area contributed by atoms with Gasteiger partial charge >= 0.3 is 215 Å². The van der Waals surface area contributed by atoms with Gasteiger partial charge in [-0.3, -0.25) is 0 Å². The third-order valence-electron chi connectivity index (χ3n) is 8.98. The Morgan fingerprint density at radius 3 is 2.22 bits per heavy atom. The Balaban J connectivity index is 1.23. The Morgan fingerprint density at radius 2 is 1.54 bits per heavy atom. The van der Waals surface area contributed by atoms with Crippen molar-refractivity contribution in [3.63, 3.8) is 0 Å². The fraction of sp³-hybridized carbons (Fsp3) is 0.553. The molecular formula is C38H52N2O4Se2. The van der Waals surface area contributed by atoms with E-state index in [9.17, 15) is 14.9 Å². The van der Waals surface area contributed by atoms with Crippen LogP contribution >= 0.6 is 0 Å². The van der Waals surface area contributed by atoms with Gasteiger partial charge in [0.15, 0.2) is 0 Å². The molecule has 1 spiro atoms. The number of anilines is 1. The summed E-state index contributed by atoms with van der Waals surface area (Å²) >= 11 is 0.296. The standard InChI is InChI=1S/C38H52N2O4Se2/c1-4-5-6-7-8-9-11-14-19-30(28-44-37(41)29(2)3)20-15-12-10-13-16-22-32-26-31-21-17-18-23-35(31)45-38(32)39-34-25-24-33(40(42)43)27-36(34)46-38/h17-18,21,23-27,30,39H,2,4-16,19-20,22,28H2,1,3H3. The number of hydrogen-bond donors (Lipinski definition) is 1. The summed E-state index contributed by atoms with van der Waals surface area (Å²) in [4.78, 5) is 23.2. The normalized spacial score (nSPS) is 17.1. The quantitative estimate of drug-likeness (QED) is 0.0346. The topological polar surface area (TPSA) is 81.5 Å². The summed E-state index contributed by atoms with van der Waals surface area (Å²) < 4.78 is 8.02. The molecule has 0 saturated heterocycles. The van der Waals surface area contributed by atoms with Crippen LogP contribution in [0.3, 0.4) is 0 Å². The summed E-state index contributed by atoms with van der Waals surface area (Å²) in [5, 5.41) is 15.3. The van der Waals surface area contributed by atoms with Crippen molar-refractivity contribution >= 4 is 62.3 Å². The van der Waals surface area contributed by atoms with Crippen molar-refractivity contribution in [2.24, 2.45) is 5.92 Å². The minimum atomic E-state index is -0.285. The molecule has 0 aliphatic carbocycles. The molecule has 250 valence electrons. The van der Waals surface area contributed by atoms with Crippen LogP contribution in [-0.4, -0.2) is 50.7 Å². The average molecular weight is 759 g/mol. The van der Waals surface area contributed by atoms with Gasteiger partial charge in [-0.15, -0.1) is 0 Å². The van der Waals surface area contributed by atoms with E-state index >= 15 is 0 Å². The van der Waals surface area contributed by atoms with Gasteiger partial charge in [0.25, 0.3) is 0 Å². The van der Waals surface area contributed by atoms with Gasteiger partial charge in [-0.2, -0.15) is 0 Å². The summed E-state index contributed by atoms with van der Waals surface area (Å²) in [5.41, 5.74) is 4.52. The second-order valence-corrected chi connectivity index (χ2v) is 19.5. The van der Waals surface area contributed by atoms with Crippen molar-refractivity contribution in [1.82, 2.24) is 0 Å². The molecular weight excluding hydrogens is 706 g/mol. The molecule has 2 aliphatic rings. The van der Waals surface area contributed by atoms with E-state index in [-0.39, 0.29) is 49.8 Å². The molecule has 2 heterocycles. The van der Waals surface area contributed by atoms with Crippen LogP contribution < -0.4 is 14.2 Å². The molecule has 4 rings (SSSR count). The number of rotatable bonds is 21. The average Bonchev–Trinajstić information content (AvgIpc) is 3.41. The van der Waals surface area contributed by atoms with E-state index in [1.54, 1.807) is 19.1 Å². The van der Waals surface area contributed by atoms with E-state index in [2.05, 4.69) is 49.2 Å². The van der Waals surface area contributed by atoms with E-state index in [0.29, 0.717) is 18.1 Å². The van der Waals surface area contributed by atoms with Crippen molar-refractivity contribution in [1.29, 1.82) is 0 Å². The number of nitro benzene ring substituents is 1. The zero-order valence-electron chi connectivity index (χ0n) is 27.8. The van der Waals surface area contributed by atoms with Gasteiger partial charge in [-0.25, -0.2) is 4.79 Å². The summed E-state index contributed by atoms with van der Waals surface area (Å²) in [6.07, 6.45) is 22.2. The molecule has 0 saturated carbocycles. The third-order valence-corrected chi connectivity index (χ3v) is 15.9. The van der Waals surface area contributed by atoms with Crippen LogP contribution in [-0.2, 0) is 9.53 Å². The first-order chi connectivity index (χ1) is 22.3. The van der Waals surface area contributed by atoms with E-state index in [4.69, 9.17) is 4.74 Å². The number of benzene rings is 2. The Hall–Kier alpha value is -2.37. The van der Waals surface area contributed by atoms with Crippen molar-refractivity contribution in [3.05, 3.63) is 75.9 Å². The van der Waals surface area contributed by atoms with Crippen LogP contribution in [0.15, 0.2) is 60.2 Å². The predicted molar refractivity (Wildman–Crippen MR) is 193 cm³/mol. The fourth-order valence-corrected chi connectivity index (χ4v) is 13.6. The van der Waals surface area contributed by atoms with E-state index in [1.807, 2.05) is 6.07 Å². The molecule has 0 radical (unpaired) electrons. The van der Waals surface area contributed by atoms with Crippen LogP contribution in [0.25, 0.3) is 6.08 Å². The van der Waals surface area contributed by atoms with Gasteiger partial charge in [0.2, 0.25) is 0 Å². The Labute approximate surface area is 289 Å². The number of ether oxygens (including phenoxy) is 1. The van der Waals surface area contributed by atoms with Crippen LogP contribution in [0.1, 0.15) is 122 Å². The zero-order valence-corrected chi connectivity index (χ0v) is 31.2. The van der Waals surface area contributed by atoms with Gasteiger partial charge in [-0.1, -0.05) is 58.4 Å². The summed E-state index contributed by atoms with van der Waals surface area (Å²) in [6.45, 7) is 8.23. The number of hydrogen-bond acceptors (Lipinski definition) is 5. The van der Waals surface area contributed by atoms with E-state index in [1.165, 1.54) is 92.6 Å². The van der Waals surface area contributed by atoms with Gasteiger partial charge in [-0.05, 0) is 6.92 Å². The van der Waals surface area contributed by atoms with Gasteiger partial charge in [0, 0.05) is 5.57 Å². The number of esters is 1. The maximum atomic E-state index is 12.0. The molecule has 0 amide bonds. The number of unbranched alkanes of at least 4 members (excludes halogenated alkanes) is 11. The first-order valence-corrected chi connectivity index (χ1v) is 20.8. The first-order valence-electron chi connectivity index (χ1n) is 17.4. The van der Waals surface area contributed by atoms with Crippen LogP contribution in [0, 0.1) is 16.0 Å². The number of nitro groups is 1. The number of non-ortho nitro benzene ring substituents is 1. The number of nitrogens with one attached hydrogen (secondary N) is 1. The zero-order chi connectivity index (χ0) is 32.8. The maximum absolute atomic E-state index is 12.0. The van der Waals surface area contributed by atoms with Crippen molar-refractivity contribution in [2.45, 2.75) is 120 Å². The number of fused-ring (bicyclic) bond motifs is 2. The molecule has 8 heteroatoms.